The largest absolute Gasteiger partial charge is 0.500 e. The molecule has 0 aliphatic heterocycles. The SMILES string of the molecule is COC1=C(Br)C=C(F)CC1. The van der Waals surface area contributed by atoms with Gasteiger partial charge in [-0.15, -0.1) is 0 Å². The lowest BCUT2D eigenvalue weighted by Crippen LogP contribution is -1.95. The van der Waals surface area contributed by atoms with E-state index in [-0.39, 0.29) is 5.83 Å². The van der Waals surface area contributed by atoms with Gasteiger partial charge < -0.3 is 4.74 Å². The first-order valence-corrected chi connectivity index (χ1v) is 3.82. The molecular formula is C7H8BrFO. The molecule has 0 heterocycles. The van der Waals surface area contributed by atoms with E-state index in [0.29, 0.717) is 12.8 Å². The molecule has 0 unspecified atom stereocenters. The van der Waals surface area contributed by atoms with E-state index >= 15 is 0 Å². The van der Waals surface area contributed by atoms with Crippen molar-refractivity contribution in [2.45, 2.75) is 12.8 Å². The van der Waals surface area contributed by atoms with E-state index in [4.69, 9.17) is 4.74 Å². The highest BCUT2D eigenvalue weighted by atomic mass is 79.9. The van der Waals surface area contributed by atoms with Crippen LogP contribution in [0.25, 0.3) is 0 Å². The monoisotopic (exact) mass is 206 g/mol. The van der Waals surface area contributed by atoms with Gasteiger partial charge in [0.15, 0.2) is 0 Å². The zero-order valence-corrected chi connectivity index (χ0v) is 7.24. The van der Waals surface area contributed by atoms with E-state index in [9.17, 15) is 4.39 Å². The lowest BCUT2D eigenvalue weighted by molar-refractivity contribution is 0.272. The van der Waals surface area contributed by atoms with Crippen molar-refractivity contribution < 1.29 is 9.13 Å². The van der Waals surface area contributed by atoms with Gasteiger partial charge in [-0.3, -0.25) is 0 Å². The van der Waals surface area contributed by atoms with E-state index in [1.807, 2.05) is 0 Å². The van der Waals surface area contributed by atoms with E-state index in [1.165, 1.54) is 6.08 Å². The van der Waals surface area contributed by atoms with Crippen LogP contribution in [-0.2, 0) is 4.74 Å². The van der Waals surface area contributed by atoms with Crippen LogP contribution in [0.2, 0.25) is 0 Å². The summed E-state index contributed by atoms with van der Waals surface area (Å²) in [7, 11) is 1.59. The summed E-state index contributed by atoms with van der Waals surface area (Å²) in [6.45, 7) is 0. The predicted molar refractivity (Wildman–Crippen MR) is 41.4 cm³/mol. The molecule has 0 bridgehead atoms. The number of rotatable bonds is 1. The Hall–Kier alpha value is -0.310. The highest BCUT2D eigenvalue weighted by molar-refractivity contribution is 9.11. The molecule has 0 amide bonds. The summed E-state index contributed by atoms with van der Waals surface area (Å²) in [5, 5.41) is 0. The average molecular weight is 207 g/mol. The van der Waals surface area contributed by atoms with Gasteiger partial charge in [-0.1, -0.05) is 0 Å². The molecule has 0 N–H and O–H groups in total. The molecule has 0 atom stereocenters. The van der Waals surface area contributed by atoms with E-state index in [2.05, 4.69) is 15.9 Å². The smallest absolute Gasteiger partial charge is 0.110 e. The predicted octanol–water partition coefficient (Wildman–Crippen LogP) is 2.89. The summed E-state index contributed by atoms with van der Waals surface area (Å²) in [5.74, 6) is 0.731. The minimum Gasteiger partial charge on any atom is -0.500 e. The third-order valence-electron chi connectivity index (χ3n) is 1.39. The second-order valence-electron chi connectivity index (χ2n) is 2.07. The van der Waals surface area contributed by atoms with Crippen LogP contribution in [0.15, 0.2) is 22.1 Å². The molecule has 0 aromatic heterocycles. The normalized spacial score (nSPS) is 18.9. The van der Waals surface area contributed by atoms with Crippen molar-refractivity contribution in [3.05, 3.63) is 22.1 Å². The first kappa shape index (κ1) is 7.79. The molecule has 3 heteroatoms. The number of methoxy groups -OCH3 is 1. The van der Waals surface area contributed by atoms with Crippen molar-refractivity contribution in [3.63, 3.8) is 0 Å². The zero-order chi connectivity index (χ0) is 7.56. The topological polar surface area (TPSA) is 9.23 Å². The summed E-state index contributed by atoms with van der Waals surface area (Å²) < 4.78 is 18.2. The molecule has 0 aromatic rings. The van der Waals surface area contributed by atoms with E-state index < -0.39 is 0 Å². The van der Waals surface area contributed by atoms with Crippen LogP contribution in [0.3, 0.4) is 0 Å². The van der Waals surface area contributed by atoms with Crippen LogP contribution in [0, 0.1) is 0 Å². The van der Waals surface area contributed by atoms with E-state index in [1.54, 1.807) is 7.11 Å². The van der Waals surface area contributed by atoms with Crippen LogP contribution < -0.4 is 0 Å². The highest BCUT2D eigenvalue weighted by Crippen LogP contribution is 2.28. The summed E-state index contributed by atoms with van der Waals surface area (Å²) in [6.07, 6.45) is 2.56. The molecular weight excluding hydrogens is 199 g/mol. The molecule has 0 spiro atoms. The van der Waals surface area contributed by atoms with Gasteiger partial charge in [0.05, 0.1) is 11.6 Å². The minimum absolute atomic E-state index is 0.0901. The molecule has 1 aliphatic carbocycles. The van der Waals surface area contributed by atoms with Crippen molar-refractivity contribution >= 4 is 15.9 Å². The Morgan fingerprint density at radius 3 is 2.80 bits per heavy atom. The quantitative estimate of drug-likeness (QED) is 0.642. The second-order valence-corrected chi connectivity index (χ2v) is 2.92. The number of allylic oxidation sites excluding steroid dienone is 4. The number of hydrogen-bond donors (Lipinski definition) is 0. The molecule has 10 heavy (non-hydrogen) atoms. The Balaban J connectivity index is 2.80. The third-order valence-corrected chi connectivity index (χ3v) is 2.06. The number of hydrogen-bond acceptors (Lipinski definition) is 1. The van der Waals surface area contributed by atoms with Gasteiger partial charge in [0.1, 0.15) is 11.6 Å². The molecule has 0 saturated carbocycles. The Kier molecular flexibility index (Phi) is 2.49. The van der Waals surface area contributed by atoms with Crippen molar-refractivity contribution in [1.82, 2.24) is 0 Å². The van der Waals surface area contributed by atoms with Gasteiger partial charge in [0.25, 0.3) is 0 Å². The van der Waals surface area contributed by atoms with Gasteiger partial charge in [-0.05, 0) is 22.0 Å². The lowest BCUT2D eigenvalue weighted by Gasteiger charge is -2.11. The number of ether oxygens (including phenoxy) is 1. The van der Waals surface area contributed by atoms with Gasteiger partial charge in [-0.2, -0.15) is 0 Å². The van der Waals surface area contributed by atoms with Crippen molar-refractivity contribution in [3.8, 4) is 0 Å². The minimum atomic E-state index is -0.0901. The fourth-order valence-electron chi connectivity index (χ4n) is 0.842. The molecule has 0 aromatic carbocycles. The molecule has 0 radical (unpaired) electrons. The van der Waals surface area contributed by atoms with Crippen molar-refractivity contribution in [1.29, 1.82) is 0 Å². The fraction of sp³-hybridized carbons (Fsp3) is 0.429. The molecule has 1 aliphatic rings. The van der Waals surface area contributed by atoms with Crippen molar-refractivity contribution in [2.75, 3.05) is 7.11 Å². The molecule has 1 rings (SSSR count). The molecule has 0 fully saturated rings. The van der Waals surface area contributed by atoms with Crippen LogP contribution in [0.4, 0.5) is 4.39 Å². The van der Waals surface area contributed by atoms with Gasteiger partial charge in [-0.25, -0.2) is 4.39 Å². The maximum Gasteiger partial charge on any atom is 0.110 e. The second kappa shape index (κ2) is 3.19. The highest BCUT2D eigenvalue weighted by Gasteiger charge is 2.10. The van der Waals surface area contributed by atoms with Crippen LogP contribution in [0.1, 0.15) is 12.8 Å². The average Bonchev–Trinajstić information content (AvgIpc) is 1.88. The maximum atomic E-state index is 12.5. The number of halogens is 2. The summed E-state index contributed by atoms with van der Waals surface area (Å²) in [5.41, 5.74) is 0. The van der Waals surface area contributed by atoms with Crippen LogP contribution >= 0.6 is 15.9 Å². The molecule has 0 saturated heterocycles. The first-order valence-electron chi connectivity index (χ1n) is 3.02. The standard InChI is InChI=1S/C7H8BrFO/c1-10-7-3-2-5(9)4-6(7)8/h4H,2-3H2,1H3. The Bertz CT molecular complexity index is 196. The Labute approximate surface area is 67.7 Å². The summed E-state index contributed by atoms with van der Waals surface area (Å²) in [6, 6.07) is 0. The third kappa shape index (κ3) is 1.59. The summed E-state index contributed by atoms with van der Waals surface area (Å²) in [4.78, 5) is 0. The first-order chi connectivity index (χ1) is 4.74. The zero-order valence-electron chi connectivity index (χ0n) is 5.66. The summed E-state index contributed by atoms with van der Waals surface area (Å²) >= 11 is 3.19. The fourth-order valence-corrected chi connectivity index (χ4v) is 1.45. The lowest BCUT2D eigenvalue weighted by atomic mass is 10.1. The van der Waals surface area contributed by atoms with Crippen LogP contribution in [0.5, 0.6) is 0 Å². The van der Waals surface area contributed by atoms with E-state index in [0.717, 1.165) is 10.2 Å². The van der Waals surface area contributed by atoms with Gasteiger partial charge in [0.2, 0.25) is 0 Å². The van der Waals surface area contributed by atoms with Crippen LogP contribution in [-0.4, -0.2) is 7.11 Å². The van der Waals surface area contributed by atoms with Gasteiger partial charge >= 0.3 is 0 Å². The Morgan fingerprint density at radius 2 is 2.30 bits per heavy atom. The molecule has 1 nitrogen and oxygen atoms in total. The molecule has 56 valence electrons. The van der Waals surface area contributed by atoms with Crippen molar-refractivity contribution in [2.24, 2.45) is 0 Å². The Morgan fingerprint density at radius 1 is 1.60 bits per heavy atom. The van der Waals surface area contributed by atoms with Gasteiger partial charge in [0, 0.05) is 12.8 Å². The maximum absolute atomic E-state index is 12.5.